The summed E-state index contributed by atoms with van der Waals surface area (Å²) in [7, 11) is 0. The molecular weight excluding hydrogens is 168 g/mol. The van der Waals surface area contributed by atoms with E-state index in [1.165, 1.54) is 6.92 Å². The maximum Gasteiger partial charge on any atom is 0.266 e. The molecule has 1 rings (SSSR count). The van der Waals surface area contributed by atoms with Gasteiger partial charge in [-0.25, -0.2) is 0 Å². The summed E-state index contributed by atoms with van der Waals surface area (Å²) in [5.41, 5.74) is 5.09. The third-order valence-electron chi connectivity index (χ3n) is 1.39. The Labute approximate surface area is 76.0 Å². The standard InChI is InChI=1S/C9H10N2O2/c1-7(9(10)12)11-13-8-5-3-2-4-6-8/h2-6H,1H3,(H2,10,12). The summed E-state index contributed by atoms with van der Waals surface area (Å²) < 4.78 is 0. The molecule has 0 aliphatic carbocycles. The van der Waals surface area contributed by atoms with Gasteiger partial charge in [0.2, 0.25) is 0 Å². The van der Waals surface area contributed by atoms with Crippen LogP contribution in [0.25, 0.3) is 0 Å². The van der Waals surface area contributed by atoms with Crippen molar-refractivity contribution in [2.24, 2.45) is 10.9 Å². The number of hydrogen-bond donors (Lipinski definition) is 1. The molecule has 0 atom stereocenters. The van der Waals surface area contributed by atoms with Crippen molar-refractivity contribution in [1.29, 1.82) is 0 Å². The Morgan fingerprint density at radius 1 is 1.38 bits per heavy atom. The van der Waals surface area contributed by atoms with Crippen LogP contribution in [0.15, 0.2) is 35.5 Å². The molecule has 0 aliphatic rings. The van der Waals surface area contributed by atoms with Gasteiger partial charge in [-0.1, -0.05) is 23.4 Å². The van der Waals surface area contributed by atoms with E-state index in [9.17, 15) is 4.79 Å². The van der Waals surface area contributed by atoms with Crippen molar-refractivity contribution in [3.8, 4) is 5.75 Å². The molecule has 4 nitrogen and oxygen atoms in total. The van der Waals surface area contributed by atoms with Crippen molar-refractivity contribution in [3.63, 3.8) is 0 Å². The summed E-state index contributed by atoms with van der Waals surface area (Å²) in [6.07, 6.45) is 0. The van der Waals surface area contributed by atoms with Gasteiger partial charge in [0.1, 0.15) is 5.71 Å². The molecular formula is C9H10N2O2. The van der Waals surface area contributed by atoms with Gasteiger partial charge < -0.3 is 10.6 Å². The first-order valence-electron chi connectivity index (χ1n) is 3.76. The molecule has 0 radical (unpaired) electrons. The summed E-state index contributed by atoms with van der Waals surface area (Å²) in [5, 5.41) is 3.54. The normalized spacial score (nSPS) is 11.0. The van der Waals surface area contributed by atoms with Crippen LogP contribution < -0.4 is 10.6 Å². The van der Waals surface area contributed by atoms with Crippen LogP contribution in [0.5, 0.6) is 5.75 Å². The smallest absolute Gasteiger partial charge is 0.266 e. The van der Waals surface area contributed by atoms with Gasteiger partial charge in [0.25, 0.3) is 5.91 Å². The van der Waals surface area contributed by atoms with E-state index in [2.05, 4.69) is 5.16 Å². The molecule has 4 heteroatoms. The zero-order valence-electron chi connectivity index (χ0n) is 7.23. The monoisotopic (exact) mass is 178 g/mol. The highest BCUT2D eigenvalue weighted by atomic mass is 16.6. The fraction of sp³-hybridized carbons (Fsp3) is 0.111. The van der Waals surface area contributed by atoms with Crippen LogP contribution in [-0.4, -0.2) is 11.6 Å². The molecule has 0 spiro atoms. The molecule has 1 aromatic carbocycles. The van der Waals surface area contributed by atoms with E-state index in [0.717, 1.165) is 0 Å². The molecule has 0 aromatic heterocycles. The van der Waals surface area contributed by atoms with Crippen LogP contribution in [0.1, 0.15) is 6.92 Å². The fourth-order valence-electron chi connectivity index (χ4n) is 0.648. The SMILES string of the molecule is CC(=NOc1ccccc1)C(N)=O. The second kappa shape index (κ2) is 4.25. The average molecular weight is 178 g/mol. The van der Waals surface area contributed by atoms with Crippen LogP contribution in [0.3, 0.4) is 0 Å². The molecule has 68 valence electrons. The number of carbonyl (C=O) groups is 1. The fourth-order valence-corrected chi connectivity index (χ4v) is 0.648. The van der Waals surface area contributed by atoms with Gasteiger partial charge >= 0.3 is 0 Å². The number of para-hydroxylation sites is 1. The predicted molar refractivity (Wildman–Crippen MR) is 49.4 cm³/mol. The Bertz CT molecular complexity index is 320. The van der Waals surface area contributed by atoms with E-state index in [4.69, 9.17) is 10.6 Å². The first-order valence-corrected chi connectivity index (χ1v) is 3.76. The molecule has 0 aliphatic heterocycles. The summed E-state index contributed by atoms with van der Waals surface area (Å²) in [6, 6.07) is 8.95. The number of carbonyl (C=O) groups excluding carboxylic acids is 1. The molecule has 0 bridgehead atoms. The summed E-state index contributed by atoms with van der Waals surface area (Å²) >= 11 is 0. The Morgan fingerprint density at radius 2 is 2.00 bits per heavy atom. The molecule has 0 saturated carbocycles. The number of hydrogen-bond acceptors (Lipinski definition) is 3. The van der Waals surface area contributed by atoms with Crippen molar-refractivity contribution in [2.75, 3.05) is 0 Å². The van der Waals surface area contributed by atoms with Crippen LogP contribution in [0, 0.1) is 0 Å². The Kier molecular flexibility index (Phi) is 3.03. The van der Waals surface area contributed by atoms with Crippen molar-refractivity contribution in [1.82, 2.24) is 0 Å². The van der Waals surface area contributed by atoms with Crippen LogP contribution in [0.4, 0.5) is 0 Å². The van der Waals surface area contributed by atoms with E-state index in [1.807, 2.05) is 18.2 Å². The van der Waals surface area contributed by atoms with Gasteiger partial charge in [-0.2, -0.15) is 0 Å². The summed E-state index contributed by atoms with van der Waals surface area (Å²) in [6.45, 7) is 1.49. The molecule has 13 heavy (non-hydrogen) atoms. The highest BCUT2D eigenvalue weighted by Crippen LogP contribution is 2.08. The highest BCUT2D eigenvalue weighted by molar-refractivity contribution is 6.37. The van der Waals surface area contributed by atoms with E-state index in [-0.39, 0.29) is 5.71 Å². The Balaban J connectivity index is 2.62. The van der Waals surface area contributed by atoms with Gasteiger partial charge in [-0.15, -0.1) is 0 Å². The van der Waals surface area contributed by atoms with Crippen LogP contribution >= 0.6 is 0 Å². The van der Waals surface area contributed by atoms with Gasteiger partial charge in [0, 0.05) is 0 Å². The zero-order chi connectivity index (χ0) is 9.68. The number of nitrogens with zero attached hydrogens (tertiary/aromatic N) is 1. The van der Waals surface area contributed by atoms with Crippen molar-refractivity contribution in [3.05, 3.63) is 30.3 Å². The van der Waals surface area contributed by atoms with Gasteiger partial charge in [0.05, 0.1) is 0 Å². The molecule has 2 N–H and O–H groups in total. The third kappa shape index (κ3) is 2.94. The van der Waals surface area contributed by atoms with Gasteiger partial charge in [0.15, 0.2) is 5.75 Å². The summed E-state index contributed by atoms with van der Waals surface area (Å²) in [5.74, 6) is -0.0148. The minimum Gasteiger partial charge on any atom is -0.364 e. The zero-order valence-corrected chi connectivity index (χ0v) is 7.23. The van der Waals surface area contributed by atoms with Crippen LogP contribution in [0.2, 0.25) is 0 Å². The molecule has 0 unspecified atom stereocenters. The van der Waals surface area contributed by atoms with Crippen molar-refractivity contribution in [2.45, 2.75) is 6.92 Å². The molecule has 1 aromatic rings. The van der Waals surface area contributed by atoms with Gasteiger partial charge in [-0.05, 0) is 19.1 Å². The number of rotatable bonds is 3. The number of oxime groups is 1. The van der Waals surface area contributed by atoms with Crippen LogP contribution in [-0.2, 0) is 4.79 Å². The lowest BCUT2D eigenvalue weighted by molar-refractivity contribution is -0.112. The quantitative estimate of drug-likeness (QED) is 0.552. The lowest BCUT2D eigenvalue weighted by atomic mass is 10.3. The Hall–Kier alpha value is -1.84. The molecule has 1 amide bonds. The van der Waals surface area contributed by atoms with E-state index in [1.54, 1.807) is 12.1 Å². The van der Waals surface area contributed by atoms with E-state index >= 15 is 0 Å². The second-order valence-electron chi connectivity index (χ2n) is 2.45. The molecule has 0 saturated heterocycles. The van der Waals surface area contributed by atoms with E-state index < -0.39 is 5.91 Å². The maximum atomic E-state index is 10.5. The maximum absolute atomic E-state index is 10.5. The highest BCUT2D eigenvalue weighted by Gasteiger charge is 1.98. The number of nitrogens with two attached hydrogens (primary N) is 1. The first-order chi connectivity index (χ1) is 6.20. The summed E-state index contributed by atoms with van der Waals surface area (Å²) in [4.78, 5) is 15.4. The number of primary amides is 1. The second-order valence-corrected chi connectivity index (χ2v) is 2.45. The lowest BCUT2D eigenvalue weighted by Crippen LogP contribution is -2.20. The molecule has 0 fully saturated rings. The minimum absolute atomic E-state index is 0.142. The van der Waals surface area contributed by atoms with E-state index in [0.29, 0.717) is 5.75 Å². The average Bonchev–Trinajstić information content (AvgIpc) is 2.15. The topological polar surface area (TPSA) is 64.7 Å². The number of amides is 1. The number of benzene rings is 1. The van der Waals surface area contributed by atoms with Gasteiger partial charge in [-0.3, -0.25) is 4.79 Å². The predicted octanol–water partition coefficient (Wildman–Crippen LogP) is 0.927. The van der Waals surface area contributed by atoms with Crippen molar-refractivity contribution < 1.29 is 9.63 Å². The van der Waals surface area contributed by atoms with Crippen molar-refractivity contribution >= 4 is 11.6 Å². The minimum atomic E-state index is -0.587. The Morgan fingerprint density at radius 3 is 2.54 bits per heavy atom. The lowest BCUT2D eigenvalue weighted by Gasteiger charge is -1.97. The third-order valence-corrected chi connectivity index (χ3v) is 1.39. The molecule has 0 heterocycles. The largest absolute Gasteiger partial charge is 0.364 e. The first kappa shape index (κ1) is 9.25.